The summed E-state index contributed by atoms with van der Waals surface area (Å²) in [5, 5.41) is 10.9. The van der Waals surface area contributed by atoms with Gasteiger partial charge >= 0.3 is 0 Å². The molecule has 0 aliphatic carbocycles. The molecule has 102 valence electrons. The van der Waals surface area contributed by atoms with Crippen molar-refractivity contribution in [2.45, 2.75) is 12.8 Å². The molecule has 0 radical (unpaired) electrons. The van der Waals surface area contributed by atoms with Crippen molar-refractivity contribution in [3.8, 4) is 11.5 Å². The van der Waals surface area contributed by atoms with E-state index in [1.165, 1.54) is 14.0 Å². The van der Waals surface area contributed by atoms with Crippen LogP contribution in [0.1, 0.15) is 18.4 Å². The van der Waals surface area contributed by atoms with Crippen LogP contribution in [-0.2, 0) is 4.79 Å². The van der Waals surface area contributed by atoms with E-state index in [2.05, 4.69) is 0 Å². The molecule has 0 N–H and O–H groups in total. The summed E-state index contributed by atoms with van der Waals surface area (Å²) in [6.45, 7) is 1.30. The summed E-state index contributed by atoms with van der Waals surface area (Å²) in [4.78, 5) is 22.1. The number of fused-ring (bicyclic) bond motifs is 1. The quantitative estimate of drug-likeness (QED) is 0.611. The Labute approximate surface area is 110 Å². The van der Waals surface area contributed by atoms with Gasteiger partial charge in [0.1, 0.15) is 17.3 Å². The smallest absolute Gasteiger partial charge is 0.211 e. The number of nitro groups is 1. The zero-order valence-corrected chi connectivity index (χ0v) is 10.8. The van der Waals surface area contributed by atoms with Crippen LogP contribution >= 0.6 is 0 Å². The predicted molar refractivity (Wildman–Crippen MR) is 67.3 cm³/mol. The number of methoxy groups -OCH3 is 1. The third-order valence-electron chi connectivity index (χ3n) is 3.39. The molecule has 0 spiro atoms. The Hall–Kier alpha value is -2.11. The molecule has 6 nitrogen and oxygen atoms in total. The number of nitrogens with zero attached hydrogens (tertiary/aromatic N) is 1. The monoisotopic (exact) mass is 265 g/mol. The first kappa shape index (κ1) is 13.3. The van der Waals surface area contributed by atoms with Crippen LogP contribution < -0.4 is 9.47 Å². The van der Waals surface area contributed by atoms with Gasteiger partial charge in [0.2, 0.25) is 6.54 Å². The van der Waals surface area contributed by atoms with Gasteiger partial charge in [-0.05, 0) is 19.1 Å². The molecule has 0 amide bonds. The lowest BCUT2D eigenvalue weighted by Gasteiger charge is -2.30. The summed E-state index contributed by atoms with van der Waals surface area (Å²) in [5.41, 5.74) is 0.619. The average molecular weight is 265 g/mol. The van der Waals surface area contributed by atoms with Gasteiger partial charge in [-0.3, -0.25) is 14.9 Å². The molecule has 1 aromatic carbocycles. The minimum Gasteiger partial charge on any atom is -0.496 e. The van der Waals surface area contributed by atoms with Gasteiger partial charge in [-0.15, -0.1) is 0 Å². The van der Waals surface area contributed by atoms with Gasteiger partial charge < -0.3 is 9.47 Å². The van der Waals surface area contributed by atoms with E-state index >= 15 is 0 Å². The largest absolute Gasteiger partial charge is 0.496 e. The molecule has 2 unspecified atom stereocenters. The van der Waals surface area contributed by atoms with Crippen molar-refractivity contribution >= 4 is 5.78 Å². The fraction of sp³-hybridized carbons (Fsp3) is 0.462. The number of carbonyl (C=O) groups is 1. The van der Waals surface area contributed by atoms with Gasteiger partial charge in [-0.2, -0.15) is 0 Å². The highest BCUT2D eigenvalue weighted by Crippen LogP contribution is 2.43. The van der Waals surface area contributed by atoms with Crippen molar-refractivity contribution in [1.82, 2.24) is 0 Å². The molecular weight excluding hydrogens is 250 g/mol. The first-order chi connectivity index (χ1) is 9.04. The van der Waals surface area contributed by atoms with E-state index in [4.69, 9.17) is 9.47 Å². The predicted octanol–water partition coefficient (Wildman–Crippen LogP) is 1.65. The Kier molecular flexibility index (Phi) is 3.69. The van der Waals surface area contributed by atoms with Crippen molar-refractivity contribution in [3.63, 3.8) is 0 Å². The molecule has 0 fully saturated rings. The summed E-state index contributed by atoms with van der Waals surface area (Å²) in [6, 6.07) is 5.22. The number of carbonyl (C=O) groups excluding carboxylic acids is 1. The highest BCUT2D eigenvalue weighted by molar-refractivity contribution is 5.80. The highest BCUT2D eigenvalue weighted by Gasteiger charge is 2.39. The lowest BCUT2D eigenvalue weighted by Crippen LogP contribution is -2.35. The Bertz CT molecular complexity index is 500. The van der Waals surface area contributed by atoms with E-state index in [0.717, 1.165) is 0 Å². The minimum absolute atomic E-state index is 0.108. The summed E-state index contributed by atoms with van der Waals surface area (Å²) >= 11 is 0. The van der Waals surface area contributed by atoms with Crippen LogP contribution in [-0.4, -0.2) is 31.0 Å². The third-order valence-corrected chi connectivity index (χ3v) is 3.39. The summed E-state index contributed by atoms with van der Waals surface area (Å²) in [5.74, 6) is -0.0380. The van der Waals surface area contributed by atoms with Crippen LogP contribution in [0.2, 0.25) is 0 Å². The molecule has 0 aromatic heterocycles. The molecule has 1 aromatic rings. The molecule has 6 heteroatoms. The Balaban J connectivity index is 2.50. The van der Waals surface area contributed by atoms with Gasteiger partial charge in [-0.1, -0.05) is 6.07 Å². The van der Waals surface area contributed by atoms with Crippen LogP contribution in [0.5, 0.6) is 11.5 Å². The average Bonchev–Trinajstić information content (AvgIpc) is 2.37. The summed E-state index contributed by atoms with van der Waals surface area (Å²) in [6.07, 6.45) is 0. The van der Waals surface area contributed by atoms with Crippen LogP contribution in [0, 0.1) is 16.0 Å². The fourth-order valence-electron chi connectivity index (χ4n) is 2.47. The molecule has 0 bridgehead atoms. The van der Waals surface area contributed by atoms with E-state index in [1.807, 2.05) is 0 Å². The Morgan fingerprint density at radius 1 is 1.58 bits per heavy atom. The maximum absolute atomic E-state index is 11.7. The third kappa shape index (κ3) is 2.52. The number of benzene rings is 1. The first-order valence-electron chi connectivity index (χ1n) is 5.96. The van der Waals surface area contributed by atoms with Gasteiger partial charge in [0.25, 0.3) is 0 Å². The van der Waals surface area contributed by atoms with Crippen LogP contribution in [0.3, 0.4) is 0 Å². The zero-order chi connectivity index (χ0) is 14.0. The van der Waals surface area contributed by atoms with E-state index in [1.54, 1.807) is 18.2 Å². The molecule has 19 heavy (non-hydrogen) atoms. The Morgan fingerprint density at radius 3 is 2.89 bits per heavy atom. The Morgan fingerprint density at radius 2 is 2.32 bits per heavy atom. The van der Waals surface area contributed by atoms with Gasteiger partial charge in [0.15, 0.2) is 0 Å². The molecule has 1 aliphatic heterocycles. The topological polar surface area (TPSA) is 78.7 Å². The SMILES string of the molecule is COc1cccc2c1C(C[N+](=O)[O-])C(C(C)=O)CO2. The molecule has 1 heterocycles. The second kappa shape index (κ2) is 5.26. The zero-order valence-electron chi connectivity index (χ0n) is 10.8. The van der Waals surface area contributed by atoms with Crippen molar-refractivity contribution in [3.05, 3.63) is 33.9 Å². The number of Topliss-reactive ketones (excluding diaryl/α,β-unsaturated/α-hetero) is 1. The van der Waals surface area contributed by atoms with E-state index < -0.39 is 16.8 Å². The highest BCUT2D eigenvalue weighted by atomic mass is 16.6. The number of rotatable bonds is 4. The van der Waals surface area contributed by atoms with Gasteiger partial charge in [0.05, 0.1) is 25.6 Å². The number of hydrogen-bond donors (Lipinski definition) is 0. The van der Waals surface area contributed by atoms with Gasteiger partial charge in [-0.25, -0.2) is 0 Å². The molecule has 2 atom stereocenters. The lowest BCUT2D eigenvalue weighted by molar-refractivity contribution is -0.484. The van der Waals surface area contributed by atoms with Crippen LogP contribution in [0.4, 0.5) is 0 Å². The number of hydrogen-bond acceptors (Lipinski definition) is 5. The molecule has 0 saturated carbocycles. The molecule has 1 aliphatic rings. The standard InChI is InChI=1S/C13H15NO5/c1-8(15)10-7-19-12-5-3-4-11(18-2)13(12)9(10)6-14(16)17/h3-5,9-10H,6-7H2,1-2H3. The maximum Gasteiger partial charge on any atom is 0.211 e. The second-order valence-electron chi connectivity index (χ2n) is 4.52. The van der Waals surface area contributed by atoms with Crippen molar-refractivity contribution in [1.29, 1.82) is 0 Å². The lowest BCUT2D eigenvalue weighted by atomic mass is 9.81. The van der Waals surface area contributed by atoms with Crippen molar-refractivity contribution in [2.24, 2.45) is 5.92 Å². The summed E-state index contributed by atoms with van der Waals surface area (Å²) < 4.78 is 10.8. The molecular formula is C13H15NO5. The van der Waals surface area contributed by atoms with Gasteiger partial charge in [0, 0.05) is 10.5 Å². The van der Waals surface area contributed by atoms with E-state index in [-0.39, 0.29) is 18.9 Å². The van der Waals surface area contributed by atoms with Crippen LogP contribution in [0.25, 0.3) is 0 Å². The molecule has 2 rings (SSSR count). The fourth-order valence-corrected chi connectivity index (χ4v) is 2.47. The normalized spacial score (nSPS) is 21.2. The van der Waals surface area contributed by atoms with E-state index in [0.29, 0.717) is 17.1 Å². The summed E-state index contributed by atoms with van der Waals surface area (Å²) in [7, 11) is 1.50. The van der Waals surface area contributed by atoms with Crippen LogP contribution in [0.15, 0.2) is 18.2 Å². The first-order valence-corrected chi connectivity index (χ1v) is 5.96. The second-order valence-corrected chi connectivity index (χ2v) is 4.52. The number of ketones is 1. The van der Waals surface area contributed by atoms with Crippen molar-refractivity contribution in [2.75, 3.05) is 20.3 Å². The molecule has 0 saturated heterocycles. The van der Waals surface area contributed by atoms with Crippen molar-refractivity contribution < 1.29 is 19.2 Å². The number of ether oxygens (including phenoxy) is 2. The van der Waals surface area contributed by atoms with E-state index in [9.17, 15) is 14.9 Å². The maximum atomic E-state index is 11.7. The minimum atomic E-state index is -0.507.